The largest absolute Gasteiger partial charge is 0.396 e. The summed E-state index contributed by atoms with van der Waals surface area (Å²) in [5.74, 6) is 1.93. The second-order valence-electron chi connectivity index (χ2n) is 12.1. The molecule has 4 atom stereocenters. The molecule has 2 rings (SSSR count). The smallest absolute Gasteiger partial charge is 0.0705 e. The molecule has 2 heterocycles. The van der Waals surface area contributed by atoms with Crippen molar-refractivity contribution in [3.63, 3.8) is 0 Å². The van der Waals surface area contributed by atoms with Crippen LogP contribution >= 0.6 is 0 Å². The molecule has 0 saturated carbocycles. The highest BCUT2D eigenvalue weighted by atomic mass is 16.5. The molecule has 30 heavy (non-hydrogen) atoms. The first kappa shape index (κ1) is 26.1. The van der Waals surface area contributed by atoms with E-state index in [9.17, 15) is 5.11 Å². The molecule has 0 aromatic carbocycles. The Bertz CT molecular complexity index is 487. The minimum absolute atomic E-state index is 0.187. The molecule has 0 aliphatic carbocycles. The van der Waals surface area contributed by atoms with Crippen LogP contribution < -0.4 is 0 Å². The van der Waals surface area contributed by atoms with Crippen LogP contribution in [0, 0.1) is 28.6 Å². The van der Waals surface area contributed by atoms with Crippen LogP contribution in [0.2, 0.25) is 0 Å². The summed E-state index contributed by atoms with van der Waals surface area (Å²) >= 11 is 0. The number of nitrogens with zero attached hydrogens (tertiary/aromatic N) is 1. The van der Waals surface area contributed by atoms with Crippen LogP contribution in [0.3, 0.4) is 0 Å². The number of ether oxygens (including phenoxy) is 2. The fraction of sp³-hybridized carbons (Fsp3) is 1.00. The predicted molar refractivity (Wildman–Crippen MR) is 126 cm³/mol. The second-order valence-corrected chi connectivity index (χ2v) is 12.1. The first-order chi connectivity index (χ1) is 14.0. The SMILES string of the molecule is CC(CC1CCOCC1)CC1CN(C)[C@H](CC(C)(C)CCC(C)(C)C(C)CO)CO1. The van der Waals surface area contributed by atoms with E-state index in [-0.39, 0.29) is 17.4 Å². The van der Waals surface area contributed by atoms with Crippen LogP contribution in [0.1, 0.15) is 86.5 Å². The lowest BCUT2D eigenvalue weighted by molar-refractivity contribution is -0.0739. The maximum atomic E-state index is 9.55. The van der Waals surface area contributed by atoms with Crippen molar-refractivity contribution in [2.45, 2.75) is 98.6 Å². The van der Waals surface area contributed by atoms with Crippen molar-refractivity contribution in [2.75, 3.05) is 40.0 Å². The van der Waals surface area contributed by atoms with Gasteiger partial charge in [0.1, 0.15) is 0 Å². The molecule has 2 fully saturated rings. The van der Waals surface area contributed by atoms with Gasteiger partial charge in [-0.15, -0.1) is 0 Å². The lowest BCUT2D eigenvalue weighted by atomic mass is 9.71. The van der Waals surface area contributed by atoms with Gasteiger partial charge in [-0.2, -0.15) is 0 Å². The molecule has 0 bridgehead atoms. The number of aliphatic hydroxyl groups excluding tert-OH is 1. The summed E-state index contributed by atoms with van der Waals surface area (Å²) in [4.78, 5) is 2.55. The third-order valence-corrected chi connectivity index (χ3v) is 8.22. The Hall–Kier alpha value is -0.160. The molecular weight excluding hydrogens is 374 g/mol. The summed E-state index contributed by atoms with van der Waals surface area (Å²) in [5.41, 5.74) is 0.477. The van der Waals surface area contributed by atoms with E-state index in [0.29, 0.717) is 18.1 Å². The van der Waals surface area contributed by atoms with Crippen molar-refractivity contribution in [1.82, 2.24) is 4.90 Å². The van der Waals surface area contributed by atoms with Crippen LogP contribution in [0.4, 0.5) is 0 Å². The average Bonchev–Trinajstić information content (AvgIpc) is 2.68. The van der Waals surface area contributed by atoms with Crippen LogP contribution in [0.5, 0.6) is 0 Å². The normalized spacial score (nSPS) is 27.2. The lowest BCUT2D eigenvalue weighted by Crippen LogP contribution is -2.49. The number of likely N-dealkylation sites (N-methyl/N-ethyl adjacent to an activating group) is 1. The summed E-state index contributed by atoms with van der Waals surface area (Å²) in [6.45, 7) is 18.1. The van der Waals surface area contributed by atoms with Crippen LogP contribution in [0.25, 0.3) is 0 Å². The summed E-state index contributed by atoms with van der Waals surface area (Å²) in [6, 6.07) is 0.514. The van der Waals surface area contributed by atoms with Crippen molar-refractivity contribution in [3.8, 4) is 0 Å². The molecule has 0 aromatic heterocycles. The third kappa shape index (κ3) is 8.41. The van der Waals surface area contributed by atoms with Gasteiger partial charge in [0.05, 0.1) is 12.7 Å². The Labute approximate surface area is 187 Å². The minimum Gasteiger partial charge on any atom is -0.396 e. The van der Waals surface area contributed by atoms with Crippen LogP contribution in [0.15, 0.2) is 0 Å². The highest BCUT2D eigenvalue weighted by molar-refractivity contribution is 4.86. The third-order valence-electron chi connectivity index (χ3n) is 8.22. The van der Waals surface area contributed by atoms with E-state index < -0.39 is 0 Å². The van der Waals surface area contributed by atoms with Crippen LogP contribution in [-0.2, 0) is 9.47 Å². The van der Waals surface area contributed by atoms with Gasteiger partial charge in [0.15, 0.2) is 0 Å². The summed E-state index contributed by atoms with van der Waals surface area (Å²) in [5, 5.41) is 9.55. The lowest BCUT2D eigenvalue weighted by Gasteiger charge is -2.42. The maximum Gasteiger partial charge on any atom is 0.0705 e. The van der Waals surface area contributed by atoms with Crippen molar-refractivity contribution in [2.24, 2.45) is 28.6 Å². The Morgan fingerprint density at radius 1 is 1.03 bits per heavy atom. The van der Waals surface area contributed by atoms with Crippen LogP contribution in [-0.4, -0.2) is 62.2 Å². The number of hydrogen-bond acceptors (Lipinski definition) is 4. The van der Waals surface area contributed by atoms with Crippen molar-refractivity contribution >= 4 is 0 Å². The Kier molecular flexibility index (Phi) is 10.1. The highest BCUT2D eigenvalue weighted by Crippen LogP contribution is 2.39. The van der Waals surface area contributed by atoms with Gasteiger partial charge in [-0.25, -0.2) is 0 Å². The van der Waals surface area contributed by atoms with E-state index in [1.165, 1.54) is 38.5 Å². The monoisotopic (exact) mass is 425 g/mol. The van der Waals surface area contributed by atoms with E-state index in [1.807, 2.05) is 0 Å². The average molecular weight is 426 g/mol. The Morgan fingerprint density at radius 2 is 1.70 bits per heavy atom. The van der Waals surface area contributed by atoms with Crippen molar-refractivity contribution < 1.29 is 14.6 Å². The molecule has 2 aliphatic heterocycles. The highest BCUT2D eigenvalue weighted by Gasteiger charge is 2.34. The minimum atomic E-state index is 0.187. The zero-order chi connectivity index (χ0) is 22.4. The molecule has 2 aliphatic rings. The van der Waals surface area contributed by atoms with Gasteiger partial charge in [-0.3, -0.25) is 4.90 Å². The first-order valence-corrected chi connectivity index (χ1v) is 12.5. The summed E-state index contributed by atoms with van der Waals surface area (Å²) in [6.07, 6.45) is 8.90. The summed E-state index contributed by atoms with van der Waals surface area (Å²) < 4.78 is 11.9. The standard InChI is InChI=1S/C26H51NO3/c1-20(14-22-8-12-29-13-9-22)15-24-17-27(7)23(19-30-24)16-25(3,4)10-11-26(5,6)21(2)18-28/h20-24,28H,8-19H2,1-7H3/t20?,21?,23-,24?/m1/s1. The molecular formula is C26H51NO3. The molecule has 4 heteroatoms. The maximum absolute atomic E-state index is 9.55. The number of rotatable bonds is 11. The Morgan fingerprint density at radius 3 is 2.30 bits per heavy atom. The fourth-order valence-electron chi connectivity index (χ4n) is 5.24. The molecule has 1 N–H and O–H groups in total. The van der Waals surface area contributed by atoms with Gasteiger partial charge in [0.25, 0.3) is 0 Å². The van der Waals surface area contributed by atoms with Gasteiger partial charge in [0, 0.05) is 32.4 Å². The molecule has 3 unspecified atom stereocenters. The Balaban J connectivity index is 1.74. The topological polar surface area (TPSA) is 41.9 Å². The van der Waals surface area contributed by atoms with E-state index in [0.717, 1.165) is 44.6 Å². The van der Waals surface area contributed by atoms with E-state index in [2.05, 4.69) is 53.5 Å². The number of hydrogen-bond donors (Lipinski definition) is 1. The summed E-state index contributed by atoms with van der Waals surface area (Å²) in [7, 11) is 2.29. The zero-order valence-corrected chi connectivity index (χ0v) is 21.1. The van der Waals surface area contributed by atoms with Gasteiger partial charge in [0.2, 0.25) is 0 Å². The second kappa shape index (κ2) is 11.6. The van der Waals surface area contributed by atoms with Crippen molar-refractivity contribution in [3.05, 3.63) is 0 Å². The molecule has 2 saturated heterocycles. The van der Waals surface area contributed by atoms with E-state index >= 15 is 0 Å². The zero-order valence-electron chi connectivity index (χ0n) is 21.1. The molecule has 0 amide bonds. The van der Waals surface area contributed by atoms with Gasteiger partial charge in [-0.1, -0.05) is 41.5 Å². The van der Waals surface area contributed by atoms with Gasteiger partial charge >= 0.3 is 0 Å². The van der Waals surface area contributed by atoms with E-state index in [4.69, 9.17) is 9.47 Å². The molecule has 0 radical (unpaired) electrons. The molecule has 0 spiro atoms. The van der Waals surface area contributed by atoms with Gasteiger partial charge < -0.3 is 14.6 Å². The number of aliphatic hydroxyl groups is 1. The van der Waals surface area contributed by atoms with Crippen molar-refractivity contribution in [1.29, 1.82) is 0 Å². The fourth-order valence-corrected chi connectivity index (χ4v) is 5.24. The van der Waals surface area contributed by atoms with E-state index in [1.54, 1.807) is 0 Å². The molecule has 0 aromatic rings. The first-order valence-electron chi connectivity index (χ1n) is 12.5. The van der Waals surface area contributed by atoms with Gasteiger partial charge in [-0.05, 0) is 80.6 Å². The predicted octanol–water partition coefficient (Wildman–Crippen LogP) is 5.38. The molecule has 4 nitrogen and oxygen atoms in total. The number of morpholine rings is 1. The quantitative estimate of drug-likeness (QED) is 0.482. The molecule has 178 valence electrons.